The lowest BCUT2D eigenvalue weighted by Gasteiger charge is -2.19. The Morgan fingerprint density at radius 3 is 2.81 bits per heavy atom. The van der Waals surface area contributed by atoms with Gasteiger partial charge in [0.05, 0.1) is 5.39 Å². The Morgan fingerprint density at radius 2 is 2.22 bits per heavy atom. The lowest BCUT2D eigenvalue weighted by molar-refractivity contribution is 0.0695. The van der Waals surface area contributed by atoms with Gasteiger partial charge in [-0.15, -0.1) is 0 Å². The standard InChI is InChI=1S/C15H15FN8O3/c1-22-15(19-20-21-22)24-6-9(14(26)27)11(25)8-4-10(16)13(18-12(8)24)23-3-2-7(17)5-23/h4,6-7H,2-3,5,17H2,1H3,(H,26,27). The van der Waals surface area contributed by atoms with Gasteiger partial charge in [-0.05, 0) is 22.9 Å². The molecule has 140 valence electrons. The minimum Gasteiger partial charge on any atom is -0.477 e. The highest BCUT2D eigenvalue weighted by Crippen LogP contribution is 2.25. The molecule has 1 aliphatic heterocycles. The van der Waals surface area contributed by atoms with E-state index >= 15 is 0 Å². The second-order valence-corrected chi connectivity index (χ2v) is 6.31. The number of hydrogen-bond donors (Lipinski definition) is 2. The monoisotopic (exact) mass is 374 g/mol. The number of fused-ring (bicyclic) bond motifs is 1. The van der Waals surface area contributed by atoms with E-state index in [1.165, 1.54) is 9.25 Å². The summed E-state index contributed by atoms with van der Waals surface area (Å²) in [6.45, 7) is 0.956. The van der Waals surface area contributed by atoms with Crippen molar-refractivity contribution in [1.82, 2.24) is 29.8 Å². The summed E-state index contributed by atoms with van der Waals surface area (Å²) in [6, 6.07) is 0.901. The average molecular weight is 374 g/mol. The molecule has 0 aliphatic carbocycles. The molecule has 0 aromatic carbocycles. The summed E-state index contributed by atoms with van der Waals surface area (Å²) < 4.78 is 17.2. The molecule has 27 heavy (non-hydrogen) atoms. The summed E-state index contributed by atoms with van der Waals surface area (Å²) in [5.41, 5.74) is 4.57. The molecule has 1 saturated heterocycles. The molecular formula is C15H15FN8O3. The van der Waals surface area contributed by atoms with Crippen molar-refractivity contribution in [3.05, 3.63) is 33.9 Å². The summed E-state index contributed by atoms with van der Waals surface area (Å²) in [5, 5.41) is 20.2. The number of carboxylic acids is 1. The first kappa shape index (κ1) is 17.0. The zero-order valence-corrected chi connectivity index (χ0v) is 14.2. The third-order valence-corrected chi connectivity index (χ3v) is 4.48. The Balaban J connectivity index is 2.04. The number of nitrogens with zero attached hydrogens (tertiary/aromatic N) is 7. The third kappa shape index (κ3) is 2.70. The molecule has 0 spiro atoms. The van der Waals surface area contributed by atoms with Crippen LogP contribution in [0.5, 0.6) is 0 Å². The smallest absolute Gasteiger partial charge is 0.341 e. The van der Waals surface area contributed by atoms with Crippen LogP contribution in [0.1, 0.15) is 16.8 Å². The molecule has 0 radical (unpaired) electrons. The Kier molecular flexibility index (Phi) is 3.84. The predicted octanol–water partition coefficient (Wildman–Crippen LogP) is -0.716. The SMILES string of the molecule is Cn1nnnc1-n1cc(C(=O)O)c(=O)c2cc(F)c(N3CCC(N)C3)nc21. The van der Waals surface area contributed by atoms with Gasteiger partial charge in [0, 0.05) is 32.4 Å². The zero-order valence-electron chi connectivity index (χ0n) is 14.2. The lowest BCUT2D eigenvalue weighted by atomic mass is 10.2. The molecule has 1 atom stereocenters. The first-order chi connectivity index (χ1) is 12.9. The van der Waals surface area contributed by atoms with E-state index in [-0.39, 0.29) is 28.8 Å². The topological polar surface area (TPSA) is 145 Å². The van der Waals surface area contributed by atoms with Crippen molar-refractivity contribution in [2.75, 3.05) is 18.0 Å². The normalized spacial score (nSPS) is 17.0. The fourth-order valence-electron chi connectivity index (χ4n) is 3.15. The van der Waals surface area contributed by atoms with E-state index in [9.17, 15) is 19.1 Å². The number of pyridine rings is 2. The second-order valence-electron chi connectivity index (χ2n) is 6.31. The summed E-state index contributed by atoms with van der Waals surface area (Å²) in [7, 11) is 1.55. The number of carbonyl (C=O) groups is 1. The van der Waals surface area contributed by atoms with Crippen LogP contribution in [0, 0.1) is 5.82 Å². The van der Waals surface area contributed by atoms with Crippen LogP contribution in [0.25, 0.3) is 17.0 Å². The van der Waals surface area contributed by atoms with Gasteiger partial charge in [0.2, 0.25) is 5.43 Å². The van der Waals surface area contributed by atoms with Gasteiger partial charge in [-0.25, -0.2) is 18.9 Å². The minimum absolute atomic E-state index is 0.0433. The van der Waals surface area contributed by atoms with Crippen LogP contribution in [-0.4, -0.2) is 60.0 Å². The van der Waals surface area contributed by atoms with Crippen LogP contribution in [0.15, 0.2) is 17.1 Å². The minimum atomic E-state index is -1.44. The van der Waals surface area contributed by atoms with Crippen LogP contribution >= 0.6 is 0 Å². The van der Waals surface area contributed by atoms with Crippen LogP contribution in [-0.2, 0) is 7.05 Å². The number of halogens is 1. The van der Waals surface area contributed by atoms with Crippen LogP contribution in [0.2, 0.25) is 0 Å². The van der Waals surface area contributed by atoms with Gasteiger partial charge in [-0.2, -0.15) is 0 Å². The van der Waals surface area contributed by atoms with Gasteiger partial charge in [0.25, 0.3) is 5.95 Å². The molecular weight excluding hydrogens is 359 g/mol. The Bertz CT molecular complexity index is 1120. The number of carboxylic acid groups (broad SMARTS) is 1. The molecule has 11 nitrogen and oxygen atoms in total. The molecule has 0 saturated carbocycles. The molecule has 0 amide bonds. The van der Waals surface area contributed by atoms with E-state index in [4.69, 9.17) is 5.73 Å². The van der Waals surface area contributed by atoms with Crippen molar-refractivity contribution in [2.24, 2.45) is 12.8 Å². The van der Waals surface area contributed by atoms with E-state index < -0.39 is 22.8 Å². The molecule has 4 rings (SSSR count). The van der Waals surface area contributed by atoms with E-state index in [1.807, 2.05) is 0 Å². The first-order valence-corrected chi connectivity index (χ1v) is 8.09. The van der Waals surface area contributed by atoms with E-state index in [2.05, 4.69) is 20.5 Å². The highest BCUT2D eigenvalue weighted by Gasteiger charge is 2.26. The molecule has 1 unspecified atom stereocenters. The van der Waals surface area contributed by atoms with E-state index in [0.29, 0.717) is 19.5 Å². The quantitative estimate of drug-likeness (QED) is 0.607. The summed E-state index contributed by atoms with van der Waals surface area (Å²) in [4.78, 5) is 30.0. The summed E-state index contributed by atoms with van der Waals surface area (Å²) >= 11 is 0. The van der Waals surface area contributed by atoms with Crippen molar-refractivity contribution in [3.8, 4) is 5.95 Å². The van der Waals surface area contributed by atoms with Gasteiger partial charge in [-0.1, -0.05) is 5.10 Å². The van der Waals surface area contributed by atoms with Crippen molar-refractivity contribution in [1.29, 1.82) is 0 Å². The largest absolute Gasteiger partial charge is 0.477 e. The highest BCUT2D eigenvalue weighted by atomic mass is 19.1. The molecule has 12 heteroatoms. The van der Waals surface area contributed by atoms with Gasteiger partial charge < -0.3 is 15.7 Å². The fourth-order valence-corrected chi connectivity index (χ4v) is 3.15. The number of aromatic carboxylic acids is 1. The number of aryl methyl sites for hydroxylation is 1. The van der Waals surface area contributed by atoms with Crippen molar-refractivity contribution < 1.29 is 14.3 Å². The molecule has 0 bridgehead atoms. The molecule has 3 N–H and O–H groups in total. The average Bonchev–Trinajstić information content (AvgIpc) is 3.23. The van der Waals surface area contributed by atoms with Crippen LogP contribution in [0.3, 0.4) is 0 Å². The molecule has 3 aromatic rings. The number of aromatic nitrogens is 6. The van der Waals surface area contributed by atoms with Gasteiger partial charge in [0.1, 0.15) is 5.56 Å². The molecule has 1 aliphatic rings. The molecule has 3 aromatic heterocycles. The van der Waals surface area contributed by atoms with Crippen LogP contribution < -0.4 is 16.1 Å². The number of rotatable bonds is 3. The maximum absolute atomic E-state index is 14.7. The van der Waals surface area contributed by atoms with Crippen molar-refractivity contribution >= 4 is 22.8 Å². The van der Waals surface area contributed by atoms with E-state index in [1.54, 1.807) is 11.9 Å². The van der Waals surface area contributed by atoms with Crippen molar-refractivity contribution in [2.45, 2.75) is 12.5 Å². The second kappa shape index (κ2) is 6.09. The number of anilines is 1. The first-order valence-electron chi connectivity index (χ1n) is 8.09. The predicted molar refractivity (Wildman–Crippen MR) is 91.4 cm³/mol. The molecule has 4 heterocycles. The summed E-state index contributed by atoms with van der Waals surface area (Å²) in [6.07, 6.45) is 1.78. The highest BCUT2D eigenvalue weighted by molar-refractivity contribution is 5.92. The Hall–Kier alpha value is -3.41. The summed E-state index contributed by atoms with van der Waals surface area (Å²) in [5.74, 6) is -1.99. The zero-order chi connectivity index (χ0) is 19.3. The van der Waals surface area contributed by atoms with Gasteiger partial charge >= 0.3 is 5.97 Å². The van der Waals surface area contributed by atoms with Gasteiger partial charge in [0.15, 0.2) is 17.3 Å². The maximum Gasteiger partial charge on any atom is 0.341 e. The van der Waals surface area contributed by atoms with E-state index in [0.717, 1.165) is 12.3 Å². The number of tetrazole rings is 1. The Labute approximate surface area is 150 Å². The van der Waals surface area contributed by atoms with Crippen LogP contribution in [0.4, 0.5) is 10.2 Å². The third-order valence-electron chi connectivity index (χ3n) is 4.48. The number of nitrogens with two attached hydrogens (primary N) is 1. The fraction of sp³-hybridized carbons (Fsp3) is 0.333. The molecule has 1 fully saturated rings. The lowest BCUT2D eigenvalue weighted by Crippen LogP contribution is -2.28. The van der Waals surface area contributed by atoms with Crippen molar-refractivity contribution in [3.63, 3.8) is 0 Å². The number of hydrogen-bond acceptors (Lipinski definition) is 8. The van der Waals surface area contributed by atoms with Gasteiger partial charge in [-0.3, -0.25) is 9.36 Å². The maximum atomic E-state index is 14.7. The Morgan fingerprint density at radius 1 is 1.44 bits per heavy atom.